The molecule has 0 atom stereocenters. The molecule has 0 heterocycles. The lowest BCUT2D eigenvalue weighted by molar-refractivity contribution is 0.0976. The fraction of sp³-hybridized carbons (Fsp3) is 0.467. The Kier molecular flexibility index (Phi) is 7.65. The fourth-order valence-corrected chi connectivity index (χ4v) is 1.86. The molecule has 1 rings (SSSR count). The third-order valence-corrected chi connectivity index (χ3v) is 2.94. The number of thiocarbonyl (C=S) groups is 1. The first-order valence-corrected chi connectivity index (χ1v) is 7.40. The van der Waals surface area contributed by atoms with Crippen molar-refractivity contribution in [1.82, 2.24) is 10.6 Å². The summed E-state index contributed by atoms with van der Waals surface area (Å²) < 4.78 is 5.59. The van der Waals surface area contributed by atoms with E-state index >= 15 is 0 Å². The standard InChI is InChI=1S/C15H22N2O2S/c1-3-5-6-11-19-13-9-7-12(8-10-13)14(18)17-15(20)16-4-2/h7-10H,3-6,11H2,1-2H3,(H2,16,17,18,20). The maximum atomic E-state index is 11.9. The topological polar surface area (TPSA) is 50.4 Å². The third kappa shape index (κ3) is 6.02. The molecule has 0 fully saturated rings. The van der Waals surface area contributed by atoms with E-state index in [9.17, 15) is 4.79 Å². The molecule has 2 N–H and O–H groups in total. The van der Waals surface area contributed by atoms with Crippen molar-refractivity contribution in [3.8, 4) is 5.75 Å². The molecule has 1 aromatic rings. The molecule has 1 aromatic carbocycles. The van der Waals surface area contributed by atoms with Crippen LogP contribution in [0.2, 0.25) is 0 Å². The highest BCUT2D eigenvalue weighted by Gasteiger charge is 2.07. The molecule has 0 radical (unpaired) electrons. The summed E-state index contributed by atoms with van der Waals surface area (Å²) in [4.78, 5) is 11.9. The lowest BCUT2D eigenvalue weighted by Gasteiger charge is -2.09. The first-order chi connectivity index (χ1) is 9.67. The van der Waals surface area contributed by atoms with E-state index in [0.29, 0.717) is 23.8 Å². The molecular formula is C15H22N2O2S. The SMILES string of the molecule is CCCCCOc1ccc(C(=O)NC(=S)NCC)cc1. The smallest absolute Gasteiger partial charge is 0.257 e. The number of unbranched alkanes of at least 4 members (excludes halogenated alkanes) is 2. The van der Waals surface area contributed by atoms with E-state index in [2.05, 4.69) is 17.6 Å². The zero-order valence-corrected chi connectivity index (χ0v) is 12.9. The van der Waals surface area contributed by atoms with Gasteiger partial charge in [-0.25, -0.2) is 0 Å². The van der Waals surface area contributed by atoms with E-state index in [0.717, 1.165) is 12.2 Å². The van der Waals surface area contributed by atoms with Crippen LogP contribution in [0.3, 0.4) is 0 Å². The van der Waals surface area contributed by atoms with Crippen molar-refractivity contribution in [3.63, 3.8) is 0 Å². The van der Waals surface area contributed by atoms with Crippen molar-refractivity contribution in [2.45, 2.75) is 33.1 Å². The van der Waals surface area contributed by atoms with Crippen LogP contribution in [0.15, 0.2) is 24.3 Å². The van der Waals surface area contributed by atoms with Crippen LogP contribution in [-0.2, 0) is 0 Å². The zero-order chi connectivity index (χ0) is 14.8. The number of hydrogen-bond donors (Lipinski definition) is 2. The molecule has 0 aromatic heterocycles. The third-order valence-electron chi connectivity index (χ3n) is 2.70. The minimum absolute atomic E-state index is 0.214. The zero-order valence-electron chi connectivity index (χ0n) is 12.1. The van der Waals surface area contributed by atoms with E-state index < -0.39 is 0 Å². The second-order valence-electron chi connectivity index (χ2n) is 4.39. The van der Waals surface area contributed by atoms with Gasteiger partial charge in [0.25, 0.3) is 5.91 Å². The highest BCUT2D eigenvalue weighted by Crippen LogP contribution is 2.12. The fourth-order valence-electron chi connectivity index (χ4n) is 1.62. The van der Waals surface area contributed by atoms with Gasteiger partial charge < -0.3 is 10.1 Å². The predicted octanol–water partition coefficient (Wildman–Crippen LogP) is 2.88. The first kappa shape index (κ1) is 16.4. The van der Waals surface area contributed by atoms with Crippen molar-refractivity contribution in [3.05, 3.63) is 29.8 Å². The lowest BCUT2D eigenvalue weighted by Crippen LogP contribution is -2.38. The van der Waals surface area contributed by atoms with Crippen LogP contribution < -0.4 is 15.4 Å². The lowest BCUT2D eigenvalue weighted by atomic mass is 10.2. The van der Waals surface area contributed by atoms with Gasteiger partial charge in [0.05, 0.1) is 6.61 Å². The van der Waals surface area contributed by atoms with Gasteiger partial charge in [-0.15, -0.1) is 0 Å². The second-order valence-corrected chi connectivity index (χ2v) is 4.80. The van der Waals surface area contributed by atoms with Crippen molar-refractivity contribution in [1.29, 1.82) is 0 Å². The molecule has 20 heavy (non-hydrogen) atoms. The number of nitrogens with one attached hydrogen (secondary N) is 2. The molecule has 0 saturated heterocycles. The average molecular weight is 294 g/mol. The van der Waals surface area contributed by atoms with Crippen molar-refractivity contribution in [2.75, 3.05) is 13.2 Å². The number of rotatable bonds is 7. The Balaban J connectivity index is 2.45. The monoisotopic (exact) mass is 294 g/mol. The van der Waals surface area contributed by atoms with Crippen molar-refractivity contribution < 1.29 is 9.53 Å². The molecule has 0 aliphatic rings. The minimum atomic E-state index is -0.214. The normalized spacial score (nSPS) is 9.90. The Morgan fingerprint density at radius 3 is 2.50 bits per heavy atom. The molecule has 0 bridgehead atoms. The number of carbonyl (C=O) groups excluding carboxylic acids is 1. The van der Waals surface area contributed by atoms with Crippen LogP contribution in [0.1, 0.15) is 43.5 Å². The summed E-state index contributed by atoms with van der Waals surface area (Å²) >= 11 is 4.97. The van der Waals surface area contributed by atoms with Crippen LogP contribution in [-0.4, -0.2) is 24.2 Å². The average Bonchev–Trinajstić information content (AvgIpc) is 2.44. The van der Waals surface area contributed by atoms with Crippen LogP contribution in [0, 0.1) is 0 Å². The number of carbonyl (C=O) groups is 1. The molecule has 4 nitrogen and oxygen atoms in total. The predicted molar refractivity (Wildman–Crippen MR) is 85.2 cm³/mol. The van der Waals surface area contributed by atoms with Gasteiger partial charge in [0.2, 0.25) is 0 Å². The van der Waals surface area contributed by atoms with Crippen LogP contribution in [0.5, 0.6) is 5.75 Å². The highest BCUT2D eigenvalue weighted by atomic mass is 32.1. The minimum Gasteiger partial charge on any atom is -0.494 e. The quantitative estimate of drug-likeness (QED) is 0.600. The van der Waals surface area contributed by atoms with Crippen LogP contribution >= 0.6 is 12.2 Å². The maximum absolute atomic E-state index is 11.9. The van der Waals surface area contributed by atoms with Crippen LogP contribution in [0.25, 0.3) is 0 Å². The van der Waals surface area contributed by atoms with E-state index in [-0.39, 0.29) is 5.91 Å². The summed E-state index contributed by atoms with van der Waals surface area (Å²) in [5, 5.41) is 5.83. The molecule has 0 aliphatic carbocycles. The van der Waals surface area contributed by atoms with Crippen LogP contribution in [0.4, 0.5) is 0 Å². The summed E-state index contributed by atoms with van der Waals surface area (Å²) in [7, 11) is 0. The van der Waals surface area contributed by atoms with Gasteiger partial charge in [0.1, 0.15) is 5.75 Å². The molecule has 0 aliphatic heterocycles. The van der Waals surface area contributed by atoms with Gasteiger partial charge in [0.15, 0.2) is 5.11 Å². The number of benzene rings is 1. The first-order valence-electron chi connectivity index (χ1n) is 6.99. The van der Waals surface area contributed by atoms with E-state index in [4.69, 9.17) is 17.0 Å². The van der Waals surface area contributed by atoms with Gasteiger partial charge in [-0.1, -0.05) is 19.8 Å². The summed E-state index contributed by atoms with van der Waals surface area (Å²) in [6, 6.07) is 7.08. The maximum Gasteiger partial charge on any atom is 0.257 e. The molecule has 0 spiro atoms. The van der Waals surface area contributed by atoms with Crippen molar-refractivity contribution >= 4 is 23.2 Å². The van der Waals surface area contributed by atoms with Gasteiger partial charge >= 0.3 is 0 Å². The number of hydrogen-bond acceptors (Lipinski definition) is 3. The molecule has 1 amide bonds. The Morgan fingerprint density at radius 1 is 1.20 bits per heavy atom. The Labute approximate surface area is 125 Å². The highest BCUT2D eigenvalue weighted by molar-refractivity contribution is 7.80. The molecule has 0 unspecified atom stereocenters. The largest absolute Gasteiger partial charge is 0.494 e. The van der Waals surface area contributed by atoms with Gasteiger partial charge in [0, 0.05) is 12.1 Å². The second kappa shape index (κ2) is 9.31. The van der Waals surface area contributed by atoms with E-state index in [1.165, 1.54) is 12.8 Å². The number of ether oxygens (including phenoxy) is 1. The van der Waals surface area contributed by atoms with E-state index in [1.54, 1.807) is 24.3 Å². The van der Waals surface area contributed by atoms with Crippen molar-refractivity contribution in [2.24, 2.45) is 0 Å². The Morgan fingerprint density at radius 2 is 1.90 bits per heavy atom. The van der Waals surface area contributed by atoms with Gasteiger partial charge in [-0.05, 0) is 49.8 Å². The molecule has 5 heteroatoms. The summed E-state index contributed by atoms with van der Waals surface area (Å²) in [6.07, 6.45) is 3.40. The van der Waals surface area contributed by atoms with Gasteiger partial charge in [-0.2, -0.15) is 0 Å². The molecule has 110 valence electrons. The molecule has 0 saturated carbocycles. The number of amides is 1. The Hall–Kier alpha value is -1.62. The van der Waals surface area contributed by atoms with E-state index in [1.807, 2.05) is 6.92 Å². The summed E-state index contributed by atoms with van der Waals surface area (Å²) in [5.74, 6) is 0.570. The summed E-state index contributed by atoms with van der Waals surface area (Å²) in [5.41, 5.74) is 0.561. The summed E-state index contributed by atoms with van der Waals surface area (Å²) in [6.45, 7) is 5.47. The molecular weight excluding hydrogens is 272 g/mol. The Bertz CT molecular complexity index is 432. The van der Waals surface area contributed by atoms with Gasteiger partial charge in [-0.3, -0.25) is 10.1 Å².